The Balaban J connectivity index is 3.15. The van der Waals surface area contributed by atoms with E-state index in [1.54, 1.807) is 13.8 Å². The predicted octanol–water partition coefficient (Wildman–Crippen LogP) is -0.228. The molecule has 7 heavy (non-hydrogen) atoms. The predicted molar refractivity (Wildman–Crippen MR) is 26.0 cm³/mol. The SMILES string of the molecule is COCC(C)(C)[O-]. The zero-order valence-corrected chi connectivity index (χ0v) is 5.02. The van der Waals surface area contributed by atoms with E-state index in [9.17, 15) is 5.11 Å². The van der Waals surface area contributed by atoms with Gasteiger partial charge in [-0.05, 0) is 0 Å². The van der Waals surface area contributed by atoms with E-state index in [1.165, 1.54) is 7.11 Å². The minimum atomic E-state index is -0.922. The first kappa shape index (κ1) is 6.92. The molecule has 0 amide bonds. The van der Waals surface area contributed by atoms with Gasteiger partial charge in [0.05, 0.1) is 0 Å². The van der Waals surface area contributed by atoms with Crippen molar-refractivity contribution in [3.63, 3.8) is 0 Å². The Bertz CT molecular complexity index is 44.5. The van der Waals surface area contributed by atoms with Gasteiger partial charge in [-0.3, -0.25) is 0 Å². The van der Waals surface area contributed by atoms with E-state index in [1.807, 2.05) is 0 Å². The second-order valence-electron chi connectivity index (χ2n) is 2.19. The van der Waals surface area contributed by atoms with Gasteiger partial charge in [0.15, 0.2) is 0 Å². The molecule has 0 bridgehead atoms. The zero-order chi connectivity index (χ0) is 5.91. The molecule has 0 aromatic rings. The minimum absolute atomic E-state index is 0.285. The number of hydrogen-bond acceptors (Lipinski definition) is 2. The third kappa shape index (κ3) is 5.92. The molecule has 0 atom stereocenters. The first-order valence-corrected chi connectivity index (χ1v) is 2.25. The standard InChI is InChI=1S/C5H11O2/c1-5(2,6)4-7-3/h4H2,1-3H3/q-1. The molecular weight excluding hydrogens is 92.1 g/mol. The normalized spacial score (nSPS) is 12.0. The van der Waals surface area contributed by atoms with Crippen molar-refractivity contribution in [1.29, 1.82) is 0 Å². The van der Waals surface area contributed by atoms with Gasteiger partial charge in [-0.2, -0.15) is 0 Å². The fourth-order valence-electron chi connectivity index (χ4n) is 0.348. The summed E-state index contributed by atoms with van der Waals surface area (Å²) in [6, 6.07) is 0. The summed E-state index contributed by atoms with van der Waals surface area (Å²) in [4.78, 5) is 0. The molecule has 0 radical (unpaired) electrons. The summed E-state index contributed by atoms with van der Waals surface area (Å²) in [6.45, 7) is 3.47. The summed E-state index contributed by atoms with van der Waals surface area (Å²) in [5.74, 6) is 0. The highest BCUT2D eigenvalue weighted by Crippen LogP contribution is 1.93. The molecule has 0 saturated carbocycles. The monoisotopic (exact) mass is 103 g/mol. The Morgan fingerprint density at radius 1 is 1.57 bits per heavy atom. The van der Waals surface area contributed by atoms with Crippen molar-refractivity contribution < 1.29 is 9.84 Å². The van der Waals surface area contributed by atoms with E-state index < -0.39 is 5.60 Å². The Morgan fingerprint density at radius 2 is 2.00 bits per heavy atom. The van der Waals surface area contributed by atoms with Crippen LogP contribution in [0.4, 0.5) is 0 Å². The number of methoxy groups -OCH3 is 1. The first-order valence-electron chi connectivity index (χ1n) is 2.25. The zero-order valence-electron chi connectivity index (χ0n) is 5.02. The van der Waals surface area contributed by atoms with Crippen LogP contribution >= 0.6 is 0 Å². The molecule has 2 heteroatoms. The fourth-order valence-corrected chi connectivity index (χ4v) is 0.348. The van der Waals surface area contributed by atoms with Gasteiger partial charge in [0.1, 0.15) is 0 Å². The quantitative estimate of drug-likeness (QED) is 0.483. The fraction of sp³-hybridized carbons (Fsp3) is 1.00. The highest BCUT2D eigenvalue weighted by Gasteiger charge is 1.97. The summed E-state index contributed by atoms with van der Waals surface area (Å²) in [7, 11) is 1.53. The lowest BCUT2D eigenvalue weighted by Crippen LogP contribution is -2.41. The molecule has 0 unspecified atom stereocenters. The van der Waals surface area contributed by atoms with Gasteiger partial charge >= 0.3 is 0 Å². The first-order chi connectivity index (χ1) is 3.06. The third-order valence-corrected chi connectivity index (χ3v) is 0.492. The van der Waals surface area contributed by atoms with Crippen molar-refractivity contribution in [2.75, 3.05) is 13.7 Å². The van der Waals surface area contributed by atoms with Crippen molar-refractivity contribution in [3.8, 4) is 0 Å². The minimum Gasteiger partial charge on any atom is -0.848 e. The van der Waals surface area contributed by atoms with Gasteiger partial charge in [0.25, 0.3) is 0 Å². The average Bonchev–Trinajstić information content (AvgIpc) is 1.30. The lowest BCUT2D eigenvalue weighted by molar-refractivity contribution is -0.471. The second kappa shape index (κ2) is 2.28. The number of ether oxygens (including phenoxy) is 1. The van der Waals surface area contributed by atoms with Crippen LogP contribution in [-0.2, 0) is 4.74 Å². The number of rotatable bonds is 2. The van der Waals surface area contributed by atoms with Crippen LogP contribution < -0.4 is 5.11 Å². The van der Waals surface area contributed by atoms with Crippen LogP contribution in [0.1, 0.15) is 13.8 Å². The van der Waals surface area contributed by atoms with Gasteiger partial charge in [-0.15, -0.1) is 0 Å². The molecule has 0 aromatic carbocycles. The Morgan fingerprint density at radius 3 is 2.00 bits per heavy atom. The van der Waals surface area contributed by atoms with Crippen LogP contribution in [0.5, 0.6) is 0 Å². The summed E-state index contributed by atoms with van der Waals surface area (Å²) >= 11 is 0. The molecule has 0 saturated heterocycles. The van der Waals surface area contributed by atoms with Crippen LogP contribution in [0.15, 0.2) is 0 Å². The van der Waals surface area contributed by atoms with Crippen LogP contribution in [0.2, 0.25) is 0 Å². The molecule has 44 valence electrons. The number of hydrogen-bond donors (Lipinski definition) is 0. The molecule has 0 aromatic heterocycles. The van der Waals surface area contributed by atoms with Crippen LogP contribution in [0, 0.1) is 0 Å². The molecule has 0 aliphatic heterocycles. The lowest BCUT2D eigenvalue weighted by Gasteiger charge is -2.29. The van der Waals surface area contributed by atoms with Crippen molar-refractivity contribution in [2.45, 2.75) is 19.4 Å². The van der Waals surface area contributed by atoms with Gasteiger partial charge in [0.2, 0.25) is 0 Å². The Hall–Kier alpha value is -0.0800. The van der Waals surface area contributed by atoms with Gasteiger partial charge < -0.3 is 9.84 Å². The molecule has 0 spiro atoms. The second-order valence-corrected chi connectivity index (χ2v) is 2.19. The topological polar surface area (TPSA) is 32.3 Å². The highest BCUT2D eigenvalue weighted by atomic mass is 16.5. The van der Waals surface area contributed by atoms with E-state index >= 15 is 0 Å². The molecule has 0 rings (SSSR count). The maximum Gasteiger partial charge on any atom is 0.0361 e. The van der Waals surface area contributed by atoms with Gasteiger partial charge in [-0.25, -0.2) is 0 Å². The van der Waals surface area contributed by atoms with E-state index in [-0.39, 0.29) is 6.61 Å². The van der Waals surface area contributed by atoms with Crippen molar-refractivity contribution in [3.05, 3.63) is 0 Å². The Labute approximate surface area is 44.1 Å². The van der Waals surface area contributed by atoms with Crippen molar-refractivity contribution >= 4 is 0 Å². The van der Waals surface area contributed by atoms with E-state index in [0.717, 1.165) is 0 Å². The van der Waals surface area contributed by atoms with Crippen molar-refractivity contribution in [2.24, 2.45) is 0 Å². The molecule has 0 aliphatic rings. The smallest absolute Gasteiger partial charge is 0.0361 e. The largest absolute Gasteiger partial charge is 0.848 e. The lowest BCUT2D eigenvalue weighted by atomic mass is 10.2. The third-order valence-electron chi connectivity index (χ3n) is 0.492. The van der Waals surface area contributed by atoms with E-state index in [2.05, 4.69) is 4.74 Å². The molecule has 0 heterocycles. The molecule has 0 N–H and O–H groups in total. The summed E-state index contributed by atoms with van der Waals surface area (Å²) in [6.07, 6.45) is 0. The average molecular weight is 103 g/mol. The van der Waals surface area contributed by atoms with Crippen molar-refractivity contribution in [1.82, 2.24) is 0 Å². The maximum atomic E-state index is 10.6. The van der Waals surface area contributed by atoms with E-state index in [0.29, 0.717) is 0 Å². The van der Waals surface area contributed by atoms with Crippen LogP contribution in [0.3, 0.4) is 0 Å². The maximum absolute atomic E-state index is 10.6. The molecule has 0 fully saturated rings. The Kier molecular flexibility index (Phi) is 2.26. The highest BCUT2D eigenvalue weighted by molar-refractivity contribution is 4.58. The van der Waals surface area contributed by atoms with Crippen LogP contribution in [0.25, 0.3) is 0 Å². The summed E-state index contributed by atoms with van der Waals surface area (Å²) in [5, 5.41) is 10.6. The van der Waals surface area contributed by atoms with E-state index in [4.69, 9.17) is 0 Å². The summed E-state index contributed by atoms with van der Waals surface area (Å²) in [5.41, 5.74) is -0.922. The summed E-state index contributed by atoms with van der Waals surface area (Å²) < 4.78 is 4.59. The molecular formula is C5H11O2-. The molecule has 0 aliphatic carbocycles. The van der Waals surface area contributed by atoms with Crippen LogP contribution in [-0.4, -0.2) is 19.3 Å². The van der Waals surface area contributed by atoms with Gasteiger partial charge in [-0.1, -0.05) is 19.4 Å². The van der Waals surface area contributed by atoms with Gasteiger partial charge in [0, 0.05) is 13.7 Å². The molecule has 2 nitrogen and oxygen atoms in total.